The van der Waals surface area contributed by atoms with Gasteiger partial charge in [-0.2, -0.15) is 0 Å². The summed E-state index contributed by atoms with van der Waals surface area (Å²) in [5.74, 6) is -1.96. The van der Waals surface area contributed by atoms with Crippen molar-refractivity contribution in [2.24, 2.45) is 17.3 Å². The van der Waals surface area contributed by atoms with E-state index in [0.717, 1.165) is 4.90 Å². The SMILES string of the molecule is CC(=O)O[C@@H]1C=CC(C)(C)[C@@H]2C(=O)N(C)C(=O)[C@@H]21. The summed E-state index contributed by atoms with van der Waals surface area (Å²) in [5.41, 5.74) is -0.404. The van der Waals surface area contributed by atoms with Gasteiger partial charge < -0.3 is 4.74 Å². The number of rotatable bonds is 1. The fourth-order valence-electron chi connectivity index (χ4n) is 2.82. The molecule has 0 saturated carbocycles. The number of allylic oxidation sites excluding steroid dienone is 1. The van der Waals surface area contributed by atoms with Crippen LogP contribution in [0.5, 0.6) is 0 Å². The fourth-order valence-corrected chi connectivity index (χ4v) is 2.82. The van der Waals surface area contributed by atoms with Crippen LogP contribution in [0.3, 0.4) is 0 Å². The van der Waals surface area contributed by atoms with Crippen LogP contribution in [0.25, 0.3) is 0 Å². The van der Waals surface area contributed by atoms with E-state index in [9.17, 15) is 14.4 Å². The molecule has 0 N–H and O–H groups in total. The molecule has 1 saturated heterocycles. The molecule has 5 nitrogen and oxygen atoms in total. The van der Waals surface area contributed by atoms with Gasteiger partial charge in [0, 0.05) is 14.0 Å². The highest BCUT2D eigenvalue weighted by atomic mass is 16.5. The maximum Gasteiger partial charge on any atom is 0.303 e. The van der Waals surface area contributed by atoms with Gasteiger partial charge in [0.1, 0.15) is 6.10 Å². The number of carbonyl (C=O) groups excluding carboxylic acids is 3. The van der Waals surface area contributed by atoms with E-state index in [1.54, 1.807) is 6.08 Å². The zero-order chi connectivity index (χ0) is 13.7. The highest BCUT2D eigenvalue weighted by Crippen LogP contribution is 2.46. The lowest BCUT2D eigenvalue weighted by molar-refractivity contribution is -0.151. The minimum atomic E-state index is -0.637. The number of ether oxygens (including phenoxy) is 1. The number of nitrogens with zero attached hydrogens (tertiary/aromatic N) is 1. The Hall–Kier alpha value is -1.65. The molecule has 1 aliphatic carbocycles. The van der Waals surface area contributed by atoms with Gasteiger partial charge in [-0.05, 0) is 11.5 Å². The maximum atomic E-state index is 12.1. The number of fused-ring (bicyclic) bond motifs is 1. The molecule has 0 aromatic rings. The summed E-state index contributed by atoms with van der Waals surface area (Å²) in [4.78, 5) is 36.4. The lowest BCUT2D eigenvalue weighted by atomic mass is 9.67. The van der Waals surface area contributed by atoms with Crippen LogP contribution >= 0.6 is 0 Å². The average Bonchev–Trinajstić information content (AvgIpc) is 2.48. The molecular formula is C13H17NO4. The van der Waals surface area contributed by atoms with Crippen LogP contribution in [0.1, 0.15) is 20.8 Å². The third-order valence-corrected chi connectivity index (χ3v) is 3.74. The van der Waals surface area contributed by atoms with Crippen LogP contribution in [-0.4, -0.2) is 35.8 Å². The summed E-state index contributed by atoms with van der Waals surface area (Å²) in [5, 5.41) is 0. The predicted octanol–water partition coefficient (Wildman–Crippen LogP) is 0.745. The Labute approximate surface area is 106 Å². The van der Waals surface area contributed by atoms with Crippen LogP contribution in [-0.2, 0) is 19.1 Å². The van der Waals surface area contributed by atoms with Crippen molar-refractivity contribution in [2.45, 2.75) is 26.9 Å². The van der Waals surface area contributed by atoms with Gasteiger partial charge in [-0.3, -0.25) is 19.3 Å². The number of imide groups is 1. The maximum absolute atomic E-state index is 12.1. The van der Waals surface area contributed by atoms with Gasteiger partial charge in [-0.15, -0.1) is 0 Å². The first-order valence-electron chi connectivity index (χ1n) is 5.93. The van der Waals surface area contributed by atoms with Crippen LogP contribution in [0.15, 0.2) is 12.2 Å². The molecule has 2 amide bonds. The summed E-state index contributed by atoms with van der Waals surface area (Å²) < 4.78 is 5.14. The van der Waals surface area contributed by atoms with Gasteiger partial charge in [-0.1, -0.05) is 19.9 Å². The third kappa shape index (κ3) is 1.74. The normalized spacial score (nSPS) is 33.6. The standard InChI is InChI=1S/C13H17NO4/c1-7(15)18-8-5-6-13(2,3)10-9(8)11(16)14(4)12(10)17/h5-6,8-10H,1-4H3/t8-,9-,10+/m1/s1. The highest BCUT2D eigenvalue weighted by Gasteiger charge is 2.57. The predicted molar refractivity (Wildman–Crippen MR) is 63.2 cm³/mol. The molecule has 0 aromatic heterocycles. The molecule has 18 heavy (non-hydrogen) atoms. The van der Waals surface area contributed by atoms with Gasteiger partial charge >= 0.3 is 5.97 Å². The summed E-state index contributed by atoms with van der Waals surface area (Å²) in [6, 6.07) is 0. The minimum absolute atomic E-state index is 0.198. The smallest absolute Gasteiger partial charge is 0.303 e. The summed E-state index contributed by atoms with van der Waals surface area (Å²) in [6.07, 6.45) is 2.93. The molecule has 2 aliphatic rings. The number of likely N-dealkylation sites (tertiary alicyclic amines) is 1. The largest absolute Gasteiger partial charge is 0.457 e. The zero-order valence-corrected chi connectivity index (χ0v) is 11.0. The topological polar surface area (TPSA) is 63.7 Å². The molecule has 0 spiro atoms. The van der Waals surface area contributed by atoms with E-state index in [0.29, 0.717) is 0 Å². The lowest BCUT2D eigenvalue weighted by Crippen LogP contribution is -2.42. The first kappa shape index (κ1) is 12.8. The Bertz CT molecular complexity index is 452. The van der Waals surface area contributed by atoms with Crippen molar-refractivity contribution >= 4 is 17.8 Å². The molecule has 0 bridgehead atoms. The van der Waals surface area contributed by atoms with Crippen molar-refractivity contribution in [1.82, 2.24) is 4.90 Å². The van der Waals surface area contributed by atoms with Crippen molar-refractivity contribution < 1.29 is 19.1 Å². The second-order valence-corrected chi connectivity index (χ2v) is 5.49. The molecule has 1 aliphatic heterocycles. The van der Waals surface area contributed by atoms with E-state index in [4.69, 9.17) is 4.74 Å². The molecule has 0 unspecified atom stereocenters. The Kier molecular flexibility index (Phi) is 2.80. The van der Waals surface area contributed by atoms with E-state index in [1.807, 2.05) is 19.9 Å². The molecule has 1 heterocycles. The number of carbonyl (C=O) groups is 3. The number of amides is 2. The van der Waals surface area contributed by atoms with Crippen LogP contribution in [0, 0.1) is 17.3 Å². The van der Waals surface area contributed by atoms with Gasteiger partial charge in [-0.25, -0.2) is 0 Å². The second kappa shape index (κ2) is 3.93. The molecule has 5 heteroatoms. The van der Waals surface area contributed by atoms with Crippen LogP contribution < -0.4 is 0 Å². The molecular weight excluding hydrogens is 234 g/mol. The van der Waals surface area contributed by atoms with E-state index >= 15 is 0 Å². The number of hydrogen-bond acceptors (Lipinski definition) is 4. The number of esters is 1. The monoisotopic (exact) mass is 251 g/mol. The van der Waals surface area contributed by atoms with Crippen molar-refractivity contribution in [2.75, 3.05) is 7.05 Å². The van der Waals surface area contributed by atoms with Gasteiger partial charge in [0.05, 0.1) is 11.8 Å². The van der Waals surface area contributed by atoms with Crippen LogP contribution in [0.2, 0.25) is 0 Å². The molecule has 2 rings (SSSR count). The molecule has 0 aromatic carbocycles. The third-order valence-electron chi connectivity index (χ3n) is 3.74. The minimum Gasteiger partial charge on any atom is -0.457 e. The highest BCUT2D eigenvalue weighted by molar-refractivity contribution is 6.06. The van der Waals surface area contributed by atoms with Gasteiger partial charge in [0.15, 0.2) is 0 Å². The number of hydrogen-bond donors (Lipinski definition) is 0. The first-order chi connectivity index (χ1) is 8.25. The van der Waals surface area contributed by atoms with Gasteiger partial charge in [0.2, 0.25) is 11.8 Å². The summed E-state index contributed by atoms with van der Waals surface area (Å²) >= 11 is 0. The Morgan fingerprint density at radius 2 is 1.94 bits per heavy atom. The van der Waals surface area contributed by atoms with Crippen LogP contribution in [0.4, 0.5) is 0 Å². The van der Waals surface area contributed by atoms with Crippen molar-refractivity contribution in [3.63, 3.8) is 0 Å². The Morgan fingerprint density at radius 3 is 2.50 bits per heavy atom. The van der Waals surface area contributed by atoms with Gasteiger partial charge in [0.25, 0.3) is 0 Å². The molecule has 3 atom stereocenters. The van der Waals surface area contributed by atoms with E-state index in [1.165, 1.54) is 14.0 Å². The fraction of sp³-hybridized carbons (Fsp3) is 0.615. The van der Waals surface area contributed by atoms with E-state index < -0.39 is 29.3 Å². The quantitative estimate of drug-likeness (QED) is 0.392. The second-order valence-electron chi connectivity index (χ2n) is 5.49. The molecule has 1 fully saturated rings. The summed E-state index contributed by atoms with van der Waals surface area (Å²) in [6.45, 7) is 5.12. The lowest BCUT2D eigenvalue weighted by Gasteiger charge is -2.36. The Morgan fingerprint density at radius 1 is 1.33 bits per heavy atom. The first-order valence-corrected chi connectivity index (χ1v) is 5.93. The Balaban J connectivity index is 2.42. The van der Waals surface area contributed by atoms with Crippen molar-refractivity contribution in [3.05, 3.63) is 12.2 Å². The van der Waals surface area contributed by atoms with Crippen molar-refractivity contribution in [1.29, 1.82) is 0 Å². The zero-order valence-electron chi connectivity index (χ0n) is 11.0. The van der Waals surface area contributed by atoms with Crippen molar-refractivity contribution in [3.8, 4) is 0 Å². The van der Waals surface area contributed by atoms with E-state index in [2.05, 4.69) is 0 Å². The summed E-state index contributed by atoms with van der Waals surface area (Å²) in [7, 11) is 1.48. The molecule has 98 valence electrons. The van der Waals surface area contributed by atoms with E-state index in [-0.39, 0.29) is 11.8 Å². The average molecular weight is 251 g/mol. The molecule has 0 radical (unpaired) electrons.